The number of hydrogen-bond donors (Lipinski definition) is 0. The van der Waals surface area contributed by atoms with E-state index in [2.05, 4.69) is 22.5 Å². The van der Waals surface area contributed by atoms with Crippen LogP contribution in [0.1, 0.15) is 11.1 Å². The smallest absolute Gasteiger partial charge is 0.174 e. The molecule has 0 N–H and O–H groups in total. The molecular formula is C16H12BrNO. The topological polar surface area (TPSA) is 33.0 Å². The van der Waals surface area contributed by atoms with E-state index in [4.69, 9.17) is 10.00 Å². The van der Waals surface area contributed by atoms with Crippen LogP contribution in [0.15, 0.2) is 59.6 Å². The van der Waals surface area contributed by atoms with Crippen LogP contribution in [-0.2, 0) is 0 Å². The molecule has 0 spiro atoms. The number of benzene rings is 2. The second-order valence-electron chi connectivity index (χ2n) is 3.91. The molecule has 0 heterocycles. The predicted molar refractivity (Wildman–Crippen MR) is 79.8 cm³/mol. The van der Waals surface area contributed by atoms with Gasteiger partial charge in [0.05, 0.1) is 4.47 Å². The molecule has 2 aromatic carbocycles. The van der Waals surface area contributed by atoms with Crippen molar-refractivity contribution >= 4 is 21.5 Å². The number of nitriles is 1. The van der Waals surface area contributed by atoms with E-state index in [0.717, 1.165) is 21.2 Å². The van der Waals surface area contributed by atoms with Crippen molar-refractivity contribution < 1.29 is 4.74 Å². The Hall–Kier alpha value is -2.05. The van der Waals surface area contributed by atoms with E-state index in [1.54, 1.807) is 0 Å². The highest BCUT2D eigenvalue weighted by Gasteiger charge is 2.12. The Kier molecular flexibility index (Phi) is 4.38. The van der Waals surface area contributed by atoms with Crippen LogP contribution in [0.3, 0.4) is 0 Å². The first-order valence-electron chi connectivity index (χ1n) is 5.77. The molecule has 0 radical (unpaired) electrons. The van der Waals surface area contributed by atoms with Gasteiger partial charge >= 0.3 is 0 Å². The normalized spacial score (nSPS) is 9.68. The van der Waals surface area contributed by atoms with E-state index in [1.807, 2.05) is 54.6 Å². The van der Waals surface area contributed by atoms with E-state index in [0.29, 0.717) is 5.75 Å². The van der Waals surface area contributed by atoms with Crippen LogP contribution in [0, 0.1) is 11.3 Å². The van der Waals surface area contributed by atoms with Gasteiger partial charge in [0.1, 0.15) is 11.8 Å². The van der Waals surface area contributed by atoms with Crippen molar-refractivity contribution in [1.82, 2.24) is 0 Å². The summed E-state index contributed by atoms with van der Waals surface area (Å²) in [6, 6.07) is 17.6. The Morgan fingerprint density at radius 2 is 1.89 bits per heavy atom. The van der Waals surface area contributed by atoms with Crippen LogP contribution < -0.4 is 4.74 Å². The fourth-order valence-electron chi connectivity index (χ4n) is 1.79. The zero-order valence-electron chi connectivity index (χ0n) is 10.3. The van der Waals surface area contributed by atoms with Crippen LogP contribution >= 0.6 is 15.9 Å². The van der Waals surface area contributed by atoms with Gasteiger partial charge in [0.2, 0.25) is 0 Å². The van der Waals surface area contributed by atoms with Crippen molar-refractivity contribution in [3.8, 4) is 11.8 Å². The van der Waals surface area contributed by atoms with Crippen LogP contribution in [0.4, 0.5) is 0 Å². The van der Waals surface area contributed by atoms with Crippen molar-refractivity contribution in [2.45, 2.75) is 0 Å². The lowest BCUT2D eigenvalue weighted by Gasteiger charge is -2.13. The molecule has 2 nitrogen and oxygen atoms in total. The van der Waals surface area contributed by atoms with Crippen molar-refractivity contribution in [3.05, 3.63) is 70.7 Å². The SMILES string of the molecule is C=C(c1ccccc1)c1cccc(Br)c1OCC#N. The summed E-state index contributed by atoms with van der Waals surface area (Å²) in [6.45, 7) is 4.13. The largest absolute Gasteiger partial charge is 0.477 e. The second-order valence-corrected chi connectivity index (χ2v) is 4.76. The van der Waals surface area contributed by atoms with E-state index < -0.39 is 0 Å². The summed E-state index contributed by atoms with van der Waals surface area (Å²) in [5.74, 6) is 0.651. The molecule has 0 saturated heterocycles. The Morgan fingerprint density at radius 3 is 2.58 bits per heavy atom. The maximum Gasteiger partial charge on any atom is 0.174 e. The van der Waals surface area contributed by atoms with Gasteiger partial charge in [-0.15, -0.1) is 0 Å². The number of hydrogen-bond acceptors (Lipinski definition) is 2. The van der Waals surface area contributed by atoms with Crippen LogP contribution in [0.25, 0.3) is 5.57 Å². The van der Waals surface area contributed by atoms with Crippen LogP contribution in [0.2, 0.25) is 0 Å². The van der Waals surface area contributed by atoms with Gasteiger partial charge in [0.15, 0.2) is 6.61 Å². The molecule has 0 aliphatic rings. The Balaban J connectivity index is 2.42. The van der Waals surface area contributed by atoms with Crippen molar-refractivity contribution in [1.29, 1.82) is 5.26 Å². The standard InChI is InChI=1S/C16H12BrNO/c1-12(13-6-3-2-4-7-13)14-8-5-9-15(17)16(14)19-11-10-18/h2-9H,1,11H2. The van der Waals surface area contributed by atoms with E-state index in [1.165, 1.54) is 0 Å². The maximum absolute atomic E-state index is 8.65. The van der Waals surface area contributed by atoms with E-state index >= 15 is 0 Å². The van der Waals surface area contributed by atoms with Crippen molar-refractivity contribution in [2.75, 3.05) is 6.61 Å². The van der Waals surface area contributed by atoms with Gasteiger partial charge in [-0.05, 0) is 33.1 Å². The summed E-state index contributed by atoms with van der Waals surface area (Å²) in [5.41, 5.74) is 2.79. The van der Waals surface area contributed by atoms with Gasteiger partial charge in [-0.25, -0.2) is 0 Å². The molecular weight excluding hydrogens is 302 g/mol. The lowest BCUT2D eigenvalue weighted by atomic mass is 9.99. The highest BCUT2D eigenvalue weighted by atomic mass is 79.9. The predicted octanol–water partition coefficient (Wildman–Crippen LogP) is 4.41. The summed E-state index contributed by atoms with van der Waals surface area (Å²) in [5, 5.41) is 8.65. The zero-order valence-corrected chi connectivity index (χ0v) is 11.9. The summed E-state index contributed by atoms with van der Waals surface area (Å²) in [4.78, 5) is 0. The molecule has 19 heavy (non-hydrogen) atoms. The van der Waals surface area contributed by atoms with Crippen LogP contribution in [-0.4, -0.2) is 6.61 Å². The Morgan fingerprint density at radius 1 is 1.16 bits per heavy atom. The molecule has 0 bridgehead atoms. The number of halogens is 1. The third kappa shape index (κ3) is 3.04. The summed E-state index contributed by atoms with van der Waals surface area (Å²) in [6.07, 6.45) is 0. The summed E-state index contributed by atoms with van der Waals surface area (Å²) in [7, 11) is 0. The highest BCUT2D eigenvalue weighted by Crippen LogP contribution is 2.35. The first kappa shape index (κ1) is 13.4. The average molecular weight is 314 g/mol. The molecule has 0 saturated carbocycles. The quantitative estimate of drug-likeness (QED) is 0.837. The second kappa shape index (κ2) is 6.21. The molecule has 0 aromatic heterocycles. The Labute approximate surface area is 121 Å². The van der Waals surface area contributed by atoms with Gasteiger partial charge < -0.3 is 4.74 Å². The van der Waals surface area contributed by atoms with Crippen LogP contribution in [0.5, 0.6) is 5.75 Å². The lowest BCUT2D eigenvalue weighted by Crippen LogP contribution is -1.99. The first-order chi connectivity index (χ1) is 9.24. The van der Waals surface area contributed by atoms with E-state index in [-0.39, 0.29) is 6.61 Å². The molecule has 2 aromatic rings. The van der Waals surface area contributed by atoms with E-state index in [9.17, 15) is 0 Å². The molecule has 0 aliphatic heterocycles. The number of rotatable bonds is 4. The minimum atomic E-state index is 0.0116. The molecule has 0 fully saturated rings. The summed E-state index contributed by atoms with van der Waals surface area (Å²) >= 11 is 3.44. The highest BCUT2D eigenvalue weighted by molar-refractivity contribution is 9.10. The Bertz CT molecular complexity index is 629. The third-order valence-electron chi connectivity index (χ3n) is 2.70. The summed E-state index contributed by atoms with van der Waals surface area (Å²) < 4.78 is 6.31. The third-order valence-corrected chi connectivity index (χ3v) is 3.32. The molecule has 0 aliphatic carbocycles. The lowest BCUT2D eigenvalue weighted by molar-refractivity contribution is 0.365. The maximum atomic E-state index is 8.65. The number of para-hydroxylation sites is 1. The fraction of sp³-hybridized carbons (Fsp3) is 0.0625. The van der Waals surface area contributed by atoms with Gasteiger partial charge in [-0.3, -0.25) is 0 Å². The molecule has 2 rings (SSSR count). The van der Waals surface area contributed by atoms with Gasteiger partial charge in [0.25, 0.3) is 0 Å². The molecule has 94 valence electrons. The molecule has 3 heteroatoms. The minimum absolute atomic E-state index is 0.0116. The number of nitrogens with zero attached hydrogens (tertiary/aromatic N) is 1. The van der Waals surface area contributed by atoms with Gasteiger partial charge in [0, 0.05) is 5.56 Å². The minimum Gasteiger partial charge on any atom is -0.477 e. The molecule has 0 unspecified atom stereocenters. The molecule has 0 atom stereocenters. The zero-order chi connectivity index (χ0) is 13.7. The number of ether oxygens (including phenoxy) is 1. The van der Waals surface area contributed by atoms with Crippen molar-refractivity contribution in [2.24, 2.45) is 0 Å². The monoisotopic (exact) mass is 313 g/mol. The average Bonchev–Trinajstić information content (AvgIpc) is 2.46. The van der Waals surface area contributed by atoms with Crippen molar-refractivity contribution in [3.63, 3.8) is 0 Å². The fourth-order valence-corrected chi connectivity index (χ4v) is 2.27. The molecule has 0 amide bonds. The first-order valence-corrected chi connectivity index (χ1v) is 6.56. The van der Waals surface area contributed by atoms with Gasteiger partial charge in [-0.1, -0.05) is 49.0 Å². The van der Waals surface area contributed by atoms with Gasteiger partial charge in [-0.2, -0.15) is 5.26 Å².